The number of aryl methyl sites for hydroxylation is 2. The number of rotatable bonds is 16. The lowest BCUT2D eigenvalue weighted by Crippen LogP contribution is -2.28. The van der Waals surface area contributed by atoms with Crippen LogP contribution in [-0.2, 0) is 19.8 Å². The molecule has 0 aliphatic carbocycles. The van der Waals surface area contributed by atoms with Crippen molar-refractivity contribution in [2.75, 3.05) is 32.8 Å². The average molecular weight is 671 g/mol. The van der Waals surface area contributed by atoms with E-state index in [-0.39, 0.29) is 12.6 Å². The van der Waals surface area contributed by atoms with Crippen molar-refractivity contribution in [2.45, 2.75) is 79.7 Å². The molecule has 7 heteroatoms. The van der Waals surface area contributed by atoms with Gasteiger partial charge < -0.3 is 29.5 Å². The number of benzene rings is 4. The van der Waals surface area contributed by atoms with Crippen molar-refractivity contribution in [1.29, 1.82) is 0 Å². The highest BCUT2D eigenvalue weighted by atomic mass is 35.5. The van der Waals surface area contributed by atoms with Gasteiger partial charge in [0.2, 0.25) is 0 Å². The van der Waals surface area contributed by atoms with Crippen molar-refractivity contribution < 1.29 is 19.3 Å². The Bertz CT molecular complexity index is 1670. The highest BCUT2D eigenvalue weighted by Gasteiger charge is 2.16. The number of nitrogens with zero attached hydrogens (tertiary/aromatic N) is 1. The zero-order chi connectivity index (χ0) is 34.0. The smallest absolute Gasteiger partial charge is 0.142 e. The second kappa shape index (κ2) is 17.2. The molecule has 0 saturated carbocycles. The molecule has 1 aliphatic heterocycles. The van der Waals surface area contributed by atoms with Gasteiger partial charge in [-0.2, -0.15) is 0 Å². The van der Waals surface area contributed by atoms with E-state index in [0.717, 1.165) is 53.1 Å². The molecule has 6 nitrogen and oxygen atoms in total. The van der Waals surface area contributed by atoms with Gasteiger partial charge in [-0.1, -0.05) is 60.1 Å². The summed E-state index contributed by atoms with van der Waals surface area (Å²) < 4.78 is 19.0. The monoisotopic (exact) mass is 670 g/mol. The lowest BCUT2D eigenvalue weighted by Gasteiger charge is -2.19. The fraction of sp³-hybridized carbons (Fsp3) is 0.415. The van der Waals surface area contributed by atoms with Crippen LogP contribution in [0.5, 0.6) is 17.2 Å². The second-order valence-electron chi connectivity index (χ2n) is 13.1. The second-order valence-corrected chi connectivity index (χ2v) is 13.5. The molecule has 1 fully saturated rings. The molecule has 4 aromatic carbocycles. The van der Waals surface area contributed by atoms with E-state index in [1.807, 2.05) is 19.1 Å². The zero-order valence-electron chi connectivity index (χ0n) is 29.2. The van der Waals surface area contributed by atoms with Crippen LogP contribution >= 0.6 is 11.6 Å². The fourth-order valence-corrected chi connectivity index (χ4v) is 6.43. The first-order chi connectivity index (χ1) is 23.2. The predicted octanol–water partition coefficient (Wildman–Crippen LogP) is 8.73. The number of aliphatic hydroxyl groups is 1. The topological polar surface area (TPSA) is 63.2 Å². The van der Waals surface area contributed by atoms with Gasteiger partial charge in [0.05, 0.1) is 18.2 Å². The summed E-state index contributed by atoms with van der Waals surface area (Å²) in [6.07, 6.45) is 3.67. The van der Waals surface area contributed by atoms with Gasteiger partial charge in [0.15, 0.2) is 0 Å². The molecule has 1 unspecified atom stereocenters. The van der Waals surface area contributed by atoms with E-state index in [9.17, 15) is 5.11 Å². The molecule has 5 rings (SSSR count). The maximum absolute atomic E-state index is 9.53. The number of halogens is 1. The molecular formula is C41H51ClN2O4. The van der Waals surface area contributed by atoms with Gasteiger partial charge in [-0.25, -0.2) is 0 Å². The lowest BCUT2D eigenvalue weighted by molar-refractivity contribution is 0.249. The van der Waals surface area contributed by atoms with Crippen LogP contribution in [0.1, 0.15) is 65.1 Å². The van der Waals surface area contributed by atoms with Crippen molar-refractivity contribution in [1.82, 2.24) is 10.2 Å². The normalized spacial score (nSPS) is 13.9. The van der Waals surface area contributed by atoms with Gasteiger partial charge in [0, 0.05) is 30.8 Å². The molecule has 0 aromatic heterocycles. The van der Waals surface area contributed by atoms with Gasteiger partial charge in [-0.05, 0) is 124 Å². The lowest BCUT2D eigenvalue weighted by atomic mass is 9.93. The van der Waals surface area contributed by atoms with Crippen LogP contribution in [0.15, 0.2) is 66.7 Å². The number of hydrogen-bond donors (Lipinski definition) is 2. The molecule has 1 saturated heterocycles. The minimum atomic E-state index is -0.0572. The quantitative estimate of drug-likeness (QED) is 0.116. The Kier molecular flexibility index (Phi) is 12.8. The molecule has 0 amide bonds. The summed E-state index contributed by atoms with van der Waals surface area (Å²) in [5.41, 5.74) is 10.2. The van der Waals surface area contributed by atoms with E-state index in [1.165, 1.54) is 48.2 Å². The van der Waals surface area contributed by atoms with Gasteiger partial charge >= 0.3 is 0 Å². The minimum Gasteiger partial charge on any atom is -0.493 e. The van der Waals surface area contributed by atoms with Gasteiger partial charge in [-0.15, -0.1) is 0 Å². The van der Waals surface area contributed by atoms with Crippen LogP contribution < -0.4 is 19.5 Å². The summed E-state index contributed by atoms with van der Waals surface area (Å²) >= 11 is 6.79. The number of ether oxygens (including phenoxy) is 3. The molecule has 0 spiro atoms. The van der Waals surface area contributed by atoms with Gasteiger partial charge in [-0.3, -0.25) is 0 Å². The highest BCUT2D eigenvalue weighted by Crippen LogP contribution is 2.36. The van der Waals surface area contributed by atoms with E-state index >= 15 is 0 Å². The van der Waals surface area contributed by atoms with Gasteiger partial charge in [0.1, 0.15) is 30.5 Å². The van der Waals surface area contributed by atoms with Crippen LogP contribution in [0.2, 0.25) is 5.02 Å². The Labute approximate surface area is 292 Å². The van der Waals surface area contributed by atoms with E-state index in [4.69, 9.17) is 25.8 Å². The molecule has 256 valence electrons. The van der Waals surface area contributed by atoms with Gasteiger partial charge in [0.25, 0.3) is 0 Å². The van der Waals surface area contributed by atoms with Crippen molar-refractivity contribution in [3.05, 3.63) is 111 Å². The summed E-state index contributed by atoms with van der Waals surface area (Å²) in [6.45, 7) is 16.0. The summed E-state index contributed by atoms with van der Waals surface area (Å²) in [7, 11) is 0. The van der Waals surface area contributed by atoms with Crippen molar-refractivity contribution in [3.63, 3.8) is 0 Å². The number of aliphatic hydroxyl groups excluding tert-OH is 1. The van der Waals surface area contributed by atoms with E-state index in [1.54, 1.807) is 0 Å². The van der Waals surface area contributed by atoms with Crippen LogP contribution in [0.3, 0.4) is 0 Å². The fourth-order valence-electron chi connectivity index (χ4n) is 6.19. The Hall–Kier alpha value is -3.55. The Morgan fingerprint density at radius 3 is 2.25 bits per heavy atom. The largest absolute Gasteiger partial charge is 0.493 e. The summed E-state index contributed by atoms with van der Waals surface area (Å²) in [4.78, 5) is 2.53. The van der Waals surface area contributed by atoms with Crippen molar-refractivity contribution in [2.24, 2.45) is 0 Å². The van der Waals surface area contributed by atoms with Crippen LogP contribution in [0.4, 0.5) is 0 Å². The summed E-state index contributed by atoms with van der Waals surface area (Å²) in [5.74, 6) is 2.21. The first kappa shape index (κ1) is 35.7. The first-order valence-corrected chi connectivity index (χ1v) is 17.6. The standard InChI is InChI=1S/C41H51ClN2O4/c1-28-15-16-33(21-29(28)2)26-47-40-23-41(38(42)22-35(40)24-43-30(3)25-45)48-27-34-11-8-12-36(31(34)4)37-13-9-14-39(32(37)5)46-20-10-19-44-17-6-7-18-44/h8-9,11-16,21-23,30,43,45H,6-7,10,17-20,24-27H2,1-5H3. The number of nitrogens with one attached hydrogen (secondary N) is 1. The third-order valence-electron chi connectivity index (χ3n) is 9.47. The molecule has 1 atom stereocenters. The third kappa shape index (κ3) is 9.32. The van der Waals surface area contributed by atoms with E-state index in [2.05, 4.69) is 92.5 Å². The molecule has 0 radical (unpaired) electrons. The van der Waals surface area contributed by atoms with E-state index in [0.29, 0.717) is 36.3 Å². The molecule has 48 heavy (non-hydrogen) atoms. The maximum atomic E-state index is 9.53. The maximum Gasteiger partial charge on any atom is 0.142 e. The van der Waals surface area contributed by atoms with Crippen molar-refractivity contribution in [3.8, 4) is 28.4 Å². The summed E-state index contributed by atoms with van der Waals surface area (Å²) in [5, 5.41) is 13.4. The molecule has 0 bridgehead atoms. The Balaban J connectivity index is 1.30. The zero-order valence-corrected chi connectivity index (χ0v) is 30.0. The Morgan fingerprint density at radius 2 is 1.50 bits per heavy atom. The first-order valence-electron chi connectivity index (χ1n) is 17.3. The predicted molar refractivity (Wildman–Crippen MR) is 197 cm³/mol. The molecular weight excluding hydrogens is 620 g/mol. The molecule has 1 heterocycles. The summed E-state index contributed by atoms with van der Waals surface area (Å²) in [6, 6.07) is 22.8. The molecule has 1 aliphatic rings. The third-order valence-corrected chi connectivity index (χ3v) is 9.77. The Morgan fingerprint density at radius 1 is 0.771 bits per heavy atom. The molecule has 4 aromatic rings. The van der Waals surface area contributed by atoms with Crippen molar-refractivity contribution >= 4 is 11.6 Å². The SMILES string of the molecule is Cc1ccc(COc2cc(OCc3cccc(-c4cccc(OCCCN5CCCC5)c4C)c3C)c(Cl)cc2CNC(C)CO)cc1C. The number of hydrogen-bond acceptors (Lipinski definition) is 6. The van der Waals surface area contributed by atoms with Crippen LogP contribution in [0.25, 0.3) is 11.1 Å². The highest BCUT2D eigenvalue weighted by molar-refractivity contribution is 6.32. The minimum absolute atomic E-state index is 0.0435. The average Bonchev–Trinajstić information content (AvgIpc) is 3.61. The number of likely N-dealkylation sites (tertiary alicyclic amines) is 1. The van der Waals surface area contributed by atoms with Crippen LogP contribution in [-0.4, -0.2) is 48.9 Å². The van der Waals surface area contributed by atoms with E-state index < -0.39 is 0 Å². The molecule has 2 N–H and O–H groups in total. The van der Waals surface area contributed by atoms with Crippen LogP contribution in [0, 0.1) is 27.7 Å².